The lowest BCUT2D eigenvalue weighted by Crippen LogP contribution is -2.13. The van der Waals surface area contributed by atoms with Crippen LogP contribution in [0.3, 0.4) is 0 Å². The lowest BCUT2D eigenvalue weighted by Gasteiger charge is -2.12. The Morgan fingerprint density at radius 2 is 1.73 bits per heavy atom. The van der Waals surface area contributed by atoms with Crippen LogP contribution >= 0.6 is 7.37 Å². The molecule has 2 N–H and O–H groups in total. The molecule has 0 aromatic rings. The second-order valence-corrected chi connectivity index (χ2v) is 5.90. The highest BCUT2D eigenvalue weighted by Gasteiger charge is 2.13. The minimum absolute atomic E-state index is 0.444. The molecule has 6 heteroatoms. The number of ether oxygens (including phenoxy) is 2. The summed E-state index contributed by atoms with van der Waals surface area (Å²) in [4.78, 5) is 0. The van der Waals surface area contributed by atoms with Crippen molar-refractivity contribution in [3.05, 3.63) is 0 Å². The molecule has 0 rings (SSSR count). The smallest absolute Gasteiger partial charge is 0.202 e. The third-order valence-corrected chi connectivity index (χ3v) is 3.48. The average molecular weight is 239 g/mol. The van der Waals surface area contributed by atoms with Crippen molar-refractivity contribution in [2.24, 2.45) is 5.73 Å². The monoisotopic (exact) mass is 239 g/mol. The van der Waals surface area contributed by atoms with E-state index < -0.39 is 7.37 Å². The SMILES string of the molecule is CCOP(C)(=O)CCOCCOCCN. The van der Waals surface area contributed by atoms with Crippen LogP contribution in [0.5, 0.6) is 0 Å². The van der Waals surface area contributed by atoms with Crippen molar-refractivity contribution in [2.75, 3.05) is 52.4 Å². The standard InChI is InChI=1S/C9H22NO4P/c1-3-14-15(2,11)9-8-13-7-6-12-5-4-10/h3-10H2,1-2H3. The second-order valence-electron chi connectivity index (χ2n) is 3.17. The molecule has 0 spiro atoms. The van der Waals surface area contributed by atoms with Crippen LogP contribution in [0.2, 0.25) is 0 Å². The molecule has 5 nitrogen and oxygen atoms in total. The number of rotatable bonds is 10. The first-order chi connectivity index (χ1) is 7.12. The summed E-state index contributed by atoms with van der Waals surface area (Å²) in [7, 11) is -2.44. The van der Waals surface area contributed by atoms with Crippen molar-refractivity contribution in [3.8, 4) is 0 Å². The van der Waals surface area contributed by atoms with Gasteiger partial charge >= 0.3 is 0 Å². The Balaban J connectivity index is 3.26. The van der Waals surface area contributed by atoms with E-state index in [2.05, 4.69) is 0 Å². The number of hydrogen-bond donors (Lipinski definition) is 1. The maximum Gasteiger partial charge on any atom is 0.202 e. The summed E-state index contributed by atoms with van der Waals surface area (Å²) in [6, 6.07) is 0. The second kappa shape index (κ2) is 9.31. The molecule has 0 bridgehead atoms. The predicted molar refractivity (Wildman–Crippen MR) is 60.7 cm³/mol. The Hall–Kier alpha value is 0.0700. The Kier molecular flexibility index (Phi) is 9.35. The molecular weight excluding hydrogens is 217 g/mol. The lowest BCUT2D eigenvalue weighted by molar-refractivity contribution is 0.0561. The van der Waals surface area contributed by atoms with Gasteiger partial charge in [0.1, 0.15) is 0 Å². The number of hydrogen-bond acceptors (Lipinski definition) is 5. The van der Waals surface area contributed by atoms with Crippen LogP contribution in [0.1, 0.15) is 6.92 Å². The fourth-order valence-electron chi connectivity index (χ4n) is 0.973. The molecule has 0 radical (unpaired) electrons. The summed E-state index contributed by atoms with van der Waals surface area (Å²) in [5.74, 6) is 0. The van der Waals surface area contributed by atoms with Crippen LogP contribution in [0, 0.1) is 0 Å². The van der Waals surface area contributed by atoms with Crippen molar-refractivity contribution >= 4 is 7.37 Å². The van der Waals surface area contributed by atoms with E-state index in [0.29, 0.717) is 45.7 Å². The molecule has 0 aromatic heterocycles. The van der Waals surface area contributed by atoms with E-state index in [1.54, 1.807) is 6.66 Å². The molecule has 0 fully saturated rings. The minimum Gasteiger partial charge on any atom is -0.378 e. The van der Waals surface area contributed by atoms with E-state index in [1.165, 1.54) is 0 Å². The van der Waals surface area contributed by atoms with Gasteiger partial charge in [0.2, 0.25) is 7.37 Å². The molecule has 0 amide bonds. The van der Waals surface area contributed by atoms with E-state index in [4.69, 9.17) is 19.7 Å². The van der Waals surface area contributed by atoms with E-state index in [9.17, 15) is 4.57 Å². The Morgan fingerprint density at radius 3 is 2.27 bits per heavy atom. The van der Waals surface area contributed by atoms with Crippen molar-refractivity contribution < 1.29 is 18.6 Å². The summed E-state index contributed by atoms with van der Waals surface area (Å²) >= 11 is 0. The molecule has 0 heterocycles. The Labute approximate surface area is 91.7 Å². The van der Waals surface area contributed by atoms with Crippen LogP contribution in [0.25, 0.3) is 0 Å². The van der Waals surface area contributed by atoms with E-state index in [0.717, 1.165) is 0 Å². The molecule has 0 saturated heterocycles. The lowest BCUT2D eigenvalue weighted by atomic mass is 10.7. The van der Waals surface area contributed by atoms with Gasteiger partial charge in [0.05, 0.1) is 33.0 Å². The van der Waals surface area contributed by atoms with Gasteiger partial charge < -0.3 is 19.7 Å². The summed E-state index contributed by atoms with van der Waals surface area (Å²) < 4.78 is 27.1. The van der Waals surface area contributed by atoms with Crippen molar-refractivity contribution in [1.82, 2.24) is 0 Å². The molecular formula is C9H22NO4P. The van der Waals surface area contributed by atoms with Crippen LogP contribution < -0.4 is 5.73 Å². The van der Waals surface area contributed by atoms with Gasteiger partial charge in [0, 0.05) is 19.4 Å². The molecule has 0 aliphatic carbocycles. The van der Waals surface area contributed by atoms with Crippen LogP contribution in [-0.4, -0.2) is 52.4 Å². The summed E-state index contributed by atoms with van der Waals surface area (Å²) in [6.45, 7) is 6.49. The zero-order chi connectivity index (χ0) is 11.6. The fraction of sp³-hybridized carbons (Fsp3) is 1.00. The van der Waals surface area contributed by atoms with Gasteiger partial charge in [0.25, 0.3) is 0 Å². The largest absolute Gasteiger partial charge is 0.378 e. The first kappa shape index (κ1) is 15.1. The molecule has 0 aliphatic heterocycles. The third kappa shape index (κ3) is 10.4. The molecule has 15 heavy (non-hydrogen) atoms. The molecule has 1 unspecified atom stereocenters. The van der Waals surface area contributed by atoms with Gasteiger partial charge in [-0.3, -0.25) is 4.57 Å². The first-order valence-corrected chi connectivity index (χ1v) is 7.44. The average Bonchev–Trinajstić information content (AvgIpc) is 2.16. The third-order valence-electron chi connectivity index (χ3n) is 1.68. The van der Waals surface area contributed by atoms with Crippen LogP contribution in [-0.2, 0) is 18.6 Å². The van der Waals surface area contributed by atoms with Crippen molar-refractivity contribution in [2.45, 2.75) is 6.92 Å². The highest BCUT2D eigenvalue weighted by molar-refractivity contribution is 7.58. The highest BCUT2D eigenvalue weighted by atomic mass is 31.2. The van der Waals surface area contributed by atoms with Gasteiger partial charge in [-0.05, 0) is 6.92 Å². The van der Waals surface area contributed by atoms with Gasteiger partial charge in [0.15, 0.2) is 0 Å². The van der Waals surface area contributed by atoms with E-state index >= 15 is 0 Å². The van der Waals surface area contributed by atoms with E-state index in [1.807, 2.05) is 6.92 Å². The molecule has 92 valence electrons. The fourth-order valence-corrected chi connectivity index (χ4v) is 2.11. The Morgan fingerprint density at radius 1 is 1.13 bits per heavy atom. The highest BCUT2D eigenvalue weighted by Crippen LogP contribution is 2.41. The van der Waals surface area contributed by atoms with Crippen molar-refractivity contribution in [1.29, 1.82) is 0 Å². The summed E-state index contributed by atoms with van der Waals surface area (Å²) in [5, 5.41) is 0. The Bertz CT molecular complexity index is 189. The molecule has 0 aliphatic rings. The quantitative estimate of drug-likeness (QED) is 0.453. The molecule has 0 saturated carbocycles. The molecule has 1 atom stereocenters. The van der Waals surface area contributed by atoms with Gasteiger partial charge in [-0.2, -0.15) is 0 Å². The van der Waals surface area contributed by atoms with Gasteiger partial charge in [-0.25, -0.2) is 0 Å². The summed E-state index contributed by atoms with van der Waals surface area (Å²) in [6.07, 6.45) is 0.456. The van der Waals surface area contributed by atoms with Crippen LogP contribution in [0.15, 0.2) is 0 Å². The zero-order valence-corrected chi connectivity index (χ0v) is 10.5. The topological polar surface area (TPSA) is 70.8 Å². The van der Waals surface area contributed by atoms with Gasteiger partial charge in [-0.15, -0.1) is 0 Å². The van der Waals surface area contributed by atoms with Crippen LogP contribution in [0.4, 0.5) is 0 Å². The zero-order valence-electron chi connectivity index (χ0n) is 9.61. The minimum atomic E-state index is -2.44. The summed E-state index contributed by atoms with van der Waals surface area (Å²) in [5.41, 5.74) is 5.24. The normalized spacial score (nSPS) is 15.1. The predicted octanol–water partition coefficient (Wildman–Crippen LogP) is 0.923. The van der Waals surface area contributed by atoms with Crippen molar-refractivity contribution in [3.63, 3.8) is 0 Å². The first-order valence-electron chi connectivity index (χ1n) is 5.19. The maximum atomic E-state index is 11.6. The van der Waals surface area contributed by atoms with E-state index in [-0.39, 0.29) is 0 Å². The molecule has 0 aromatic carbocycles. The number of nitrogens with two attached hydrogens (primary N) is 1. The van der Waals surface area contributed by atoms with Gasteiger partial charge in [-0.1, -0.05) is 0 Å². The maximum absolute atomic E-state index is 11.6.